The van der Waals surface area contributed by atoms with Gasteiger partial charge >= 0.3 is 0 Å². The van der Waals surface area contributed by atoms with Crippen LogP contribution in [0.15, 0.2) is 48.1 Å². The maximum absolute atomic E-state index is 6.33. The molecule has 2 unspecified atom stereocenters. The van der Waals surface area contributed by atoms with Crippen molar-refractivity contribution in [1.82, 2.24) is 20.3 Å². The van der Waals surface area contributed by atoms with E-state index >= 15 is 0 Å². The summed E-state index contributed by atoms with van der Waals surface area (Å²) < 4.78 is 0. The van der Waals surface area contributed by atoms with Crippen molar-refractivity contribution in [2.45, 2.75) is 79.3 Å². The van der Waals surface area contributed by atoms with Crippen LogP contribution in [0.5, 0.6) is 0 Å². The molecule has 4 heterocycles. The Kier molecular flexibility index (Phi) is 14.0. The minimum atomic E-state index is 0.178. The van der Waals surface area contributed by atoms with Crippen LogP contribution in [0.25, 0.3) is 0 Å². The topological polar surface area (TPSA) is 50.7 Å². The zero-order valence-corrected chi connectivity index (χ0v) is 21.3. The normalized spacial score (nSPS) is 17.1. The van der Waals surface area contributed by atoms with Crippen molar-refractivity contribution in [2.24, 2.45) is 0 Å². The lowest BCUT2D eigenvalue weighted by Gasteiger charge is -2.31. The number of hydrogen-bond acceptors (Lipinski definition) is 5. The molecular weight excluding hydrogens is 424 g/mol. The highest BCUT2D eigenvalue weighted by molar-refractivity contribution is 7.09. The van der Waals surface area contributed by atoms with Crippen LogP contribution in [0.1, 0.15) is 95.0 Å². The maximum atomic E-state index is 6.33. The Labute approximate surface area is 197 Å². The van der Waals surface area contributed by atoms with E-state index in [1.54, 1.807) is 17.5 Å². The van der Waals surface area contributed by atoms with Gasteiger partial charge in [0.05, 0.1) is 27.5 Å². The van der Waals surface area contributed by atoms with Crippen molar-refractivity contribution < 1.29 is 0 Å². The number of rotatable bonds is 4. The third-order valence-electron chi connectivity index (χ3n) is 4.51. The molecule has 0 aliphatic carbocycles. The van der Waals surface area contributed by atoms with Gasteiger partial charge in [0, 0.05) is 35.9 Å². The molecule has 1 N–H and O–H groups in total. The van der Waals surface area contributed by atoms with Gasteiger partial charge in [0.1, 0.15) is 0 Å². The minimum Gasteiger partial charge on any atom is -0.300 e. The van der Waals surface area contributed by atoms with Gasteiger partial charge in [-0.25, -0.2) is 4.98 Å². The first-order valence-electron chi connectivity index (χ1n) is 11.5. The Morgan fingerprint density at radius 2 is 1.68 bits per heavy atom. The van der Waals surface area contributed by atoms with Crippen LogP contribution in [0, 0.1) is 0 Å². The number of nitrogens with zero attached hydrogens (tertiary/aromatic N) is 3. The van der Waals surface area contributed by atoms with Gasteiger partial charge in [-0.3, -0.25) is 9.97 Å². The van der Waals surface area contributed by atoms with E-state index in [2.05, 4.69) is 33.5 Å². The van der Waals surface area contributed by atoms with Gasteiger partial charge < -0.3 is 5.32 Å². The fourth-order valence-electron chi connectivity index (χ4n) is 3.32. The van der Waals surface area contributed by atoms with Crippen molar-refractivity contribution in [2.75, 3.05) is 0 Å². The second kappa shape index (κ2) is 15.9. The molecule has 1 fully saturated rings. The molecule has 0 bridgehead atoms. The highest BCUT2D eigenvalue weighted by atomic mass is 35.5. The van der Waals surface area contributed by atoms with E-state index in [9.17, 15) is 0 Å². The van der Waals surface area contributed by atoms with Gasteiger partial charge in [-0.05, 0) is 43.5 Å². The van der Waals surface area contributed by atoms with Crippen LogP contribution < -0.4 is 5.32 Å². The van der Waals surface area contributed by atoms with E-state index in [1.165, 1.54) is 0 Å². The summed E-state index contributed by atoms with van der Waals surface area (Å²) in [7, 11) is 0. The minimum absolute atomic E-state index is 0.178. The van der Waals surface area contributed by atoms with Crippen molar-refractivity contribution in [3.63, 3.8) is 0 Å². The molecule has 1 aliphatic rings. The van der Waals surface area contributed by atoms with Gasteiger partial charge in [-0.15, -0.1) is 11.3 Å². The number of aromatic nitrogens is 3. The van der Waals surface area contributed by atoms with E-state index in [0.717, 1.165) is 52.8 Å². The van der Waals surface area contributed by atoms with Crippen molar-refractivity contribution >= 4 is 22.9 Å². The lowest BCUT2D eigenvalue weighted by atomic mass is 9.94. The van der Waals surface area contributed by atoms with Gasteiger partial charge in [-0.1, -0.05) is 59.2 Å². The number of halogens is 1. The van der Waals surface area contributed by atoms with Crippen molar-refractivity contribution in [1.29, 1.82) is 0 Å². The second-order valence-corrected chi connectivity index (χ2v) is 7.62. The van der Waals surface area contributed by atoms with E-state index in [1.807, 2.05) is 65.3 Å². The molecule has 3 aromatic heterocycles. The fourth-order valence-corrected chi connectivity index (χ4v) is 4.21. The molecule has 1 saturated heterocycles. The Hall–Kier alpha value is -1.82. The summed E-state index contributed by atoms with van der Waals surface area (Å²) in [5.41, 5.74) is 3.09. The molecule has 31 heavy (non-hydrogen) atoms. The molecule has 170 valence electrons. The molecule has 2 atom stereocenters. The summed E-state index contributed by atoms with van der Waals surface area (Å²) in [5.74, 6) is 0. The molecule has 1 aliphatic heterocycles. The smallest absolute Gasteiger partial charge is 0.0984 e. The van der Waals surface area contributed by atoms with Crippen LogP contribution in [0.2, 0.25) is 5.02 Å². The van der Waals surface area contributed by atoms with E-state index in [0.29, 0.717) is 0 Å². The van der Waals surface area contributed by atoms with Crippen LogP contribution in [-0.4, -0.2) is 15.0 Å². The van der Waals surface area contributed by atoms with Crippen LogP contribution in [-0.2, 0) is 6.42 Å². The predicted octanol–water partition coefficient (Wildman–Crippen LogP) is 7.81. The lowest BCUT2D eigenvalue weighted by molar-refractivity contribution is 0.321. The lowest BCUT2D eigenvalue weighted by Crippen LogP contribution is -2.32. The average Bonchev–Trinajstić information content (AvgIpc) is 3.37. The van der Waals surface area contributed by atoms with Crippen LogP contribution >= 0.6 is 22.9 Å². The molecule has 6 heteroatoms. The Balaban J connectivity index is 0.000000739. The second-order valence-electron chi connectivity index (χ2n) is 6.23. The van der Waals surface area contributed by atoms with Crippen LogP contribution in [0.4, 0.5) is 0 Å². The fraction of sp³-hybridized carbons (Fsp3) is 0.480. The van der Waals surface area contributed by atoms with Gasteiger partial charge in [-0.2, -0.15) is 0 Å². The largest absolute Gasteiger partial charge is 0.300 e. The quantitative estimate of drug-likeness (QED) is 0.431. The standard InChI is InChI=1S/C19H19ClN4S.3C2H6/c20-14-5-3-9-22-19(14)17-8-2-7-16(24-17)15-6-1-4-13(23-15)12-18-21-10-11-25-18;3*1-2/h1,3-6,9-11,16-17,24H,2,7-8,12H2;3*1-2H3. The molecule has 0 saturated carbocycles. The summed E-state index contributed by atoms with van der Waals surface area (Å²) >= 11 is 8.00. The SMILES string of the molecule is CC.CC.CC.Clc1cccnc1C1CCCC(c2cccc(Cc3nccs3)n2)N1. The zero-order valence-electron chi connectivity index (χ0n) is 19.7. The van der Waals surface area contributed by atoms with Gasteiger partial charge in [0.2, 0.25) is 0 Å². The first-order valence-corrected chi connectivity index (χ1v) is 12.8. The van der Waals surface area contributed by atoms with E-state index in [-0.39, 0.29) is 12.1 Å². The van der Waals surface area contributed by atoms with Crippen molar-refractivity contribution in [3.8, 4) is 0 Å². The summed E-state index contributed by atoms with van der Waals surface area (Å²) in [6.45, 7) is 12.0. The summed E-state index contributed by atoms with van der Waals surface area (Å²) in [4.78, 5) is 13.7. The van der Waals surface area contributed by atoms with Gasteiger partial charge in [0.25, 0.3) is 0 Å². The van der Waals surface area contributed by atoms with E-state index < -0.39 is 0 Å². The first kappa shape index (κ1) is 27.2. The Morgan fingerprint density at radius 1 is 0.935 bits per heavy atom. The molecule has 4 rings (SSSR count). The zero-order chi connectivity index (χ0) is 23.1. The Bertz CT molecular complexity index is 839. The average molecular weight is 461 g/mol. The monoisotopic (exact) mass is 460 g/mol. The maximum Gasteiger partial charge on any atom is 0.0984 e. The first-order chi connectivity index (χ1) is 15.3. The summed E-state index contributed by atoms with van der Waals surface area (Å²) in [6.07, 6.45) is 7.69. The number of piperidine rings is 1. The number of thiazole rings is 1. The molecule has 0 radical (unpaired) electrons. The number of nitrogens with one attached hydrogen (secondary N) is 1. The predicted molar refractivity (Wildman–Crippen MR) is 135 cm³/mol. The third kappa shape index (κ3) is 8.32. The highest BCUT2D eigenvalue weighted by Gasteiger charge is 2.26. The Morgan fingerprint density at radius 3 is 2.35 bits per heavy atom. The number of hydrogen-bond donors (Lipinski definition) is 1. The van der Waals surface area contributed by atoms with Gasteiger partial charge in [0.15, 0.2) is 0 Å². The molecular formula is C25H37ClN4S. The molecule has 4 nitrogen and oxygen atoms in total. The summed E-state index contributed by atoms with van der Waals surface area (Å²) in [6, 6.07) is 10.4. The third-order valence-corrected chi connectivity index (χ3v) is 5.61. The van der Waals surface area contributed by atoms with E-state index in [4.69, 9.17) is 16.6 Å². The molecule has 0 aromatic carbocycles. The molecule has 0 amide bonds. The molecule has 3 aromatic rings. The highest BCUT2D eigenvalue weighted by Crippen LogP contribution is 2.33. The van der Waals surface area contributed by atoms with Crippen LogP contribution in [0.3, 0.4) is 0 Å². The summed E-state index contributed by atoms with van der Waals surface area (Å²) in [5, 5.41) is 7.52. The van der Waals surface area contributed by atoms with Crippen molar-refractivity contribution in [3.05, 3.63) is 75.2 Å². The number of pyridine rings is 2. The molecule has 0 spiro atoms.